The Morgan fingerprint density at radius 1 is 1.14 bits per heavy atom. The van der Waals surface area contributed by atoms with Gasteiger partial charge in [0.2, 0.25) is 17.7 Å². The van der Waals surface area contributed by atoms with E-state index in [2.05, 4.69) is 16.0 Å². The lowest BCUT2D eigenvalue weighted by Gasteiger charge is -2.10. The lowest BCUT2D eigenvalue weighted by molar-refractivity contribution is -0.125. The quantitative estimate of drug-likeness (QED) is 0.572. The normalized spacial score (nSPS) is 9.95. The zero-order valence-corrected chi connectivity index (χ0v) is 13.0. The SMILES string of the molecule is Cc1c(Cl)cccc1NC(=O)CCNC(=O)CNC(=O)CN. The fraction of sp³-hybridized carbons (Fsp3) is 0.357. The van der Waals surface area contributed by atoms with Crippen molar-refractivity contribution in [1.82, 2.24) is 10.6 Å². The van der Waals surface area contributed by atoms with Gasteiger partial charge in [0, 0.05) is 23.7 Å². The van der Waals surface area contributed by atoms with Gasteiger partial charge >= 0.3 is 0 Å². The predicted molar refractivity (Wildman–Crippen MR) is 84.5 cm³/mol. The van der Waals surface area contributed by atoms with Crippen LogP contribution < -0.4 is 21.7 Å². The minimum Gasteiger partial charge on any atom is -0.354 e. The second kappa shape index (κ2) is 9.01. The number of benzene rings is 1. The lowest BCUT2D eigenvalue weighted by Crippen LogP contribution is -2.40. The monoisotopic (exact) mass is 326 g/mol. The summed E-state index contributed by atoms with van der Waals surface area (Å²) in [6, 6.07) is 5.23. The molecule has 1 aromatic carbocycles. The Labute approximate surface area is 133 Å². The average molecular weight is 327 g/mol. The summed E-state index contributed by atoms with van der Waals surface area (Å²) in [4.78, 5) is 34.0. The van der Waals surface area contributed by atoms with Gasteiger partial charge in [0.05, 0.1) is 13.1 Å². The van der Waals surface area contributed by atoms with Crippen molar-refractivity contribution in [1.29, 1.82) is 0 Å². The topological polar surface area (TPSA) is 113 Å². The van der Waals surface area contributed by atoms with Gasteiger partial charge in [-0.1, -0.05) is 17.7 Å². The number of hydrogen-bond donors (Lipinski definition) is 4. The molecule has 0 atom stereocenters. The Morgan fingerprint density at radius 2 is 1.86 bits per heavy atom. The Morgan fingerprint density at radius 3 is 2.55 bits per heavy atom. The van der Waals surface area contributed by atoms with Gasteiger partial charge in [-0.3, -0.25) is 14.4 Å². The summed E-state index contributed by atoms with van der Waals surface area (Å²) in [5, 5.41) is 8.15. The van der Waals surface area contributed by atoms with Crippen molar-refractivity contribution in [3.8, 4) is 0 Å². The van der Waals surface area contributed by atoms with Gasteiger partial charge in [-0.05, 0) is 24.6 Å². The first kappa shape index (κ1) is 17.9. The molecule has 0 saturated carbocycles. The molecule has 0 radical (unpaired) electrons. The number of halogens is 1. The van der Waals surface area contributed by atoms with Crippen LogP contribution in [0.15, 0.2) is 18.2 Å². The van der Waals surface area contributed by atoms with Crippen LogP contribution in [-0.4, -0.2) is 37.4 Å². The van der Waals surface area contributed by atoms with E-state index in [0.717, 1.165) is 5.56 Å². The number of carbonyl (C=O) groups is 3. The minimum absolute atomic E-state index is 0.114. The average Bonchev–Trinajstić information content (AvgIpc) is 2.49. The smallest absolute Gasteiger partial charge is 0.239 e. The van der Waals surface area contributed by atoms with Crippen LogP contribution in [0.5, 0.6) is 0 Å². The van der Waals surface area contributed by atoms with Gasteiger partial charge in [-0.2, -0.15) is 0 Å². The van der Waals surface area contributed by atoms with Gasteiger partial charge in [-0.25, -0.2) is 0 Å². The van der Waals surface area contributed by atoms with E-state index in [9.17, 15) is 14.4 Å². The van der Waals surface area contributed by atoms with E-state index in [0.29, 0.717) is 10.7 Å². The molecule has 0 aliphatic rings. The molecule has 5 N–H and O–H groups in total. The fourth-order valence-corrected chi connectivity index (χ4v) is 1.76. The third-order valence-electron chi connectivity index (χ3n) is 2.85. The fourth-order valence-electron chi connectivity index (χ4n) is 1.58. The first-order valence-electron chi connectivity index (χ1n) is 6.72. The van der Waals surface area contributed by atoms with E-state index in [4.69, 9.17) is 17.3 Å². The van der Waals surface area contributed by atoms with Crippen LogP contribution in [0, 0.1) is 6.92 Å². The van der Waals surface area contributed by atoms with Crippen LogP contribution in [0.25, 0.3) is 0 Å². The number of hydrogen-bond acceptors (Lipinski definition) is 4. The van der Waals surface area contributed by atoms with Crippen molar-refractivity contribution in [2.24, 2.45) is 5.73 Å². The summed E-state index contributed by atoms with van der Waals surface area (Å²) in [5.41, 5.74) is 6.51. The Bertz CT molecular complexity index is 563. The first-order chi connectivity index (χ1) is 10.4. The summed E-state index contributed by atoms with van der Waals surface area (Å²) >= 11 is 5.96. The zero-order chi connectivity index (χ0) is 16.5. The molecule has 8 heteroatoms. The molecule has 0 aliphatic heterocycles. The van der Waals surface area contributed by atoms with E-state index in [-0.39, 0.29) is 37.9 Å². The lowest BCUT2D eigenvalue weighted by atomic mass is 10.2. The molecule has 1 rings (SSSR count). The maximum absolute atomic E-state index is 11.8. The molecular formula is C14H19ClN4O3. The molecule has 22 heavy (non-hydrogen) atoms. The Hall–Kier alpha value is -2.12. The molecule has 0 heterocycles. The van der Waals surface area contributed by atoms with Crippen molar-refractivity contribution < 1.29 is 14.4 Å². The van der Waals surface area contributed by atoms with Crippen molar-refractivity contribution >= 4 is 35.0 Å². The summed E-state index contributed by atoms with van der Waals surface area (Å²) < 4.78 is 0. The van der Waals surface area contributed by atoms with Gasteiger partial charge in [-0.15, -0.1) is 0 Å². The Kier molecular flexibility index (Phi) is 7.34. The molecule has 7 nitrogen and oxygen atoms in total. The zero-order valence-electron chi connectivity index (χ0n) is 12.2. The van der Waals surface area contributed by atoms with Gasteiger partial charge in [0.25, 0.3) is 0 Å². The standard InChI is InChI=1S/C14H19ClN4O3/c1-9-10(15)3-2-4-11(9)19-12(20)5-6-17-14(22)8-18-13(21)7-16/h2-4H,5-8,16H2,1H3,(H,17,22)(H,18,21)(H,19,20). The molecule has 0 fully saturated rings. The van der Waals surface area contributed by atoms with Gasteiger partial charge < -0.3 is 21.7 Å². The highest BCUT2D eigenvalue weighted by Gasteiger charge is 2.08. The van der Waals surface area contributed by atoms with Crippen LogP contribution >= 0.6 is 11.6 Å². The minimum atomic E-state index is -0.413. The van der Waals surface area contributed by atoms with E-state index >= 15 is 0 Å². The third-order valence-corrected chi connectivity index (χ3v) is 3.26. The number of anilines is 1. The first-order valence-corrected chi connectivity index (χ1v) is 7.10. The second-order valence-corrected chi connectivity index (χ2v) is 4.95. The molecule has 0 unspecified atom stereocenters. The van der Waals surface area contributed by atoms with Crippen LogP contribution in [0.1, 0.15) is 12.0 Å². The third kappa shape index (κ3) is 6.11. The number of nitrogens with two attached hydrogens (primary N) is 1. The van der Waals surface area contributed by atoms with E-state index in [1.165, 1.54) is 0 Å². The van der Waals surface area contributed by atoms with Crippen molar-refractivity contribution in [2.45, 2.75) is 13.3 Å². The molecule has 0 aliphatic carbocycles. The number of carbonyl (C=O) groups excluding carboxylic acids is 3. The van der Waals surface area contributed by atoms with Crippen molar-refractivity contribution in [2.75, 3.05) is 25.0 Å². The summed E-state index contributed by atoms with van der Waals surface area (Å²) in [7, 11) is 0. The van der Waals surface area contributed by atoms with E-state index in [1.807, 2.05) is 0 Å². The van der Waals surface area contributed by atoms with Crippen LogP contribution in [0.3, 0.4) is 0 Å². The highest BCUT2D eigenvalue weighted by molar-refractivity contribution is 6.31. The predicted octanol–water partition coefficient (Wildman–Crippen LogP) is 0.168. The summed E-state index contributed by atoms with van der Waals surface area (Å²) in [5.74, 6) is -1.03. The summed E-state index contributed by atoms with van der Waals surface area (Å²) in [6.45, 7) is 1.64. The number of amides is 3. The molecule has 0 bridgehead atoms. The highest BCUT2D eigenvalue weighted by atomic mass is 35.5. The van der Waals surface area contributed by atoms with Crippen LogP contribution in [-0.2, 0) is 14.4 Å². The maximum atomic E-state index is 11.8. The van der Waals surface area contributed by atoms with Crippen molar-refractivity contribution in [3.05, 3.63) is 28.8 Å². The number of rotatable bonds is 7. The molecule has 0 spiro atoms. The van der Waals surface area contributed by atoms with E-state index in [1.54, 1.807) is 25.1 Å². The Balaban J connectivity index is 2.30. The van der Waals surface area contributed by atoms with Gasteiger partial charge in [0.15, 0.2) is 0 Å². The largest absolute Gasteiger partial charge is 0.354 e. The molecule has 0 aromatic heterocycles. The number of nitrogens with one attached hydrogen (secondary N) is 3. The van der Waals surface area contributed by atoms with Crippen LogP contribution in [0.4, 0.5) is 5.69 Å². The van der Waals surface area contributed by atoms with Gasteiger partial charge in [0.1, 0.15) is 0 Å². The molecule has 3 amide bonds. The molecule has 120 valence electrons. The molecule has 0 saturated heterocycles. The van der Waals surface area contributed by atoms with Crippen molar-refractivity contribution in [3.63, 3.8) is 0 Å². The molecular weight excluding hydrogens is 308 g/mol. The summed E-state index contributed by atoms with van der Waals surface area (Å²) in [6.07, 6.45) is 0.114. The maximum Gasteiger partial charge on any atom is 0.239 e. The molecule has 1 aromatic rings. The van der Waals surface area contributed by atoms with Crippen LogP contribution in [0.2, 0.25) is 5.02 Å². The second-order valence-electron chi connectivity index (χ2n) is 4.54. The van der Waals surface area contributed by atoms with E-state index < -0.39 is 5.91 Å². The highest BCUT2D eigenvalue weighted by Crippen LogP contribution is 2.22.